The number of pyridine rings is 2. The minimum Gasteiger partial charge on any atom is -0.486 e. The molecule has 1 fully saturated rings. The largest absolute Gasteiger partial charge is 0.486 e. The summed E-state index contributed by atoms with van der Waals surface area (Å²) in [4.78, 5) is 24.8. The van der Waals surface area contributed by atoms with Gasteiger partial charge in [0.05, 0.1) is 36.3 Å². The lowest BCUT2D eigenvalue weighted by Gasteiger charge is -2.13. The van der Waals surface area contributed by atoms with E-state index in [1.807, 2.05) is 12.1 Å². The zero-order chi connectivity index (χ0) is 19.8. The SMILES string of the molecule is COc1cc(C=O)c(OCc2cccnc2C(/C=C\N)=NC2CCCC2)cn1. The first-order chi connectivity index (χ1) is 13.7. The molecule has 0 radical (unpaired) electrons. The van der Waals surface area contributed by atoms with Crippen molar-refractivity contribution < 1.29 is 14.3 Å². The Balaban J connectivity index is 1.85. The Labute approximate surface area is 164 Å². The third-order valence-corrected chi connectivity index (χ3v) is 4.63. The molecule has 0 amide bonds. The maximum atomic E-state index is 11.3. The Kier molecular flexibility index (Phi) is 6.73. The summed E-state index contributed by atoms with van der Waals surface area (Å²) >= 11 is 0. The van der Waals surface area contributed by atoms with Crippen LogP contribution in [0.2, 0.25) is 0 Å². The van der Waals surface area contributed by atoms with Gasteiger partial charge in [-0.3, -0.25) is 14.8 Å². The normalized spacial score (nSPS) is 15.1. The van der Waals surface area contributed by atoms with Gasteiger partial charge in [0.25, 0.3) is 0 Å². The van der Waals surface area contributed by atoms with Gasteiger partial charge in [-0.2, -0.15) is 0 Å². The Morgan fingerprint density at radius 2 is 2.18 bits per heavy atom. The van der Waals surface area contributed by atoms with E-state index >= 15 is 0 Å². The van der Waals surface area contributed by atoms with E-state index < -0.39 is 0 Å². The highest BCUT2D eigenvalue weighted by Gasteiger charge is 2.17. The number of aliphatic imine (C=N–C) groups is 1. The molecule has 1 aliphatic carbocycles. The number of hydrogen-bond acceptors (Lipinski definition) is 7. The molecular formula is C21H24N4O3. The molecule has 0 aromatic carbocycles. The minimum absolute atomic E-state index is 0.222. The lowest BCUT2D eigenvalue weighted by Crippen LogP contribution is -2.12. The van der Waals surface area contributed by atoms with Gasteiger partial charge >= 0.3 is 0 Å². The fourth-order valence-corrected chi connectivity index (χ4v) is 3.21. The van der Waals surface area contributed by atoms with Crippen molar-refractivity contribution in [2.45, 2.75) is 38.3 Å². The van der Waals surface area contributed by atoms with Gasteiger partial charge in [0.1, 0.15) is 12.4 Å². The predicted molar refractivity (Wildman–Crippen MR) is 107 cm³/mol. The molecule has 0 unspecified atom stereocenters. The van der Waals surface area contributed by atoms with Crippen LogP contribution in [-0.2, 0) is 6.61 Å². The van der Waals surface area contributed by atoms with Crippen molar-refractivity contribution in [1.82, 2.24) is 9.97 Å². The zero-order valence-corrected chi connectivity index (χ0v) is 15.9. The first kappa shape index (κ1) is 19.5. The minimum atomic E-state index is 0.222. The second-order valence-corrected chi connectivity index (χ2v) is 6.49. The Bertz CT molecular complexity index is 874. The quantitative estimate of drug-likeness (QED) is 0.558. The van der Waals surface area contributed by atoms with Crippen LogP contribution in [0, 0.1) is 0 Å². The highest BCUT2D eigenvalue weighted by atomic mass is 16.5. The lowest BCUT2D eigenvalue weighted by atomic mass is 10.1. The molecule has 2 N–H and O–H groups in total. The number of carbonyl (C=O) groups excluding carboxylic acids is 1. The van der Waals surface area contributed by atoms with Crippen molar-refractivity contribution in [2.24, 2.45) is 10.7 Å². The first-order valence-corrected chi connectivity index (χ1v) is 9.27. The average Bonchev–Trinajstić information content (AvgIpc) is 3.25. The third-order valence-electron chi connectivity index (χ3n) is 4.63. The lowest BCUT2D eigenvalue weighted by molar-refractivity contribution is 0.111. The number of aldehydes is 1. The highest BCUT2D eigenvalue weighted by molar-refractivity contribution is 6.08. The number of allylic oxidation sites excluding steroid dienone is 1. The number of nitrogens with two attached hydrogens (primary N) is 1. The van der Waals surface area contributed by atoms with Crippen LogP contribution in [0.3, 0.4) is 0 Å². The summed E-state index contributed by atoms with van der Waals surface area (Å²) in [5.74, 6) is 0.741. The molecule has 2 aromatic heterocycles. The number of aromatic nitrogens is 2. The molecule has 146 valence electrons. The second kappa shape index (κ2) is 9.64. The van der Waals surface area contributed by atoms with Gasteiger partial charge in [0, 0.05) is 17.8 Å². The van der Waals surface area contributed by atoms with Crippen LogP contribution in [-0.4, -0.2) is 35.1 Å². The van der Waals surface area contributed by atoms with Crippen molar-refractivity contribution >= 4 is 12.0 Å². The molecular weight excluding hydrogens is 356 g/mol. The van der Waals surface area contributed by atoms with Crippen molar-refractivity contribution in [3.05, 3.63) is 59.7 Å². The Hall–Kier alpha value is -3.22. The molecule has 1 saturated carbocycles. The summed E-state index contributed by atoms with van der Waals surface area (Å²) in [5.41, 5.74) is 8.34. The number of methoxy groups -OCH3 is 1. The predicted octanol–water partition coefficient (Wildman–Crippen LogP) is 3.08. The smallest absolute Gasteiger partial charge is 0.213 e. The van der Waals surface area contributed by atoms with E-state index in [1.54, 1.807) is 12.3 Å². The van der Waals surface area contributed by atoms with E-state index in [1.165, 1.54) is 38.4 Å². The van der Waals surface area contributed by atoms with Gasteiger partial charge in [-0.05, 0) is 31.2 Å². The van der Waals surface area contributed by atoms with Crippen LogP contribution in [0.25, 0.3) is 0 Å². The summed E-state index contributed by atoms with van der Waals surface area (Å²) in [6.45, 7) is 0.222. The van der Waals surface area contributed by atoms with Crippen LogP contribution in [0.5, 0.6) is 11.6 Å². The van der Waals surface area contributed by atoms with Crippen molar-refractivity contribution in [3.8, 4) is 11.6 Å². The van der Waals surface area contributed by atoms with Gasteiger partial charge < -0.3 is 15.2 Å². The van der Waals surface area contributed by atoms with Gasteiger partial charge in [0.2, 0.25) is 5.88 Å². The molecule has 7 nitrogen and oxygen atoms in total. The standard InChI is InChI=1S/C21H24N4O3/c1-27-20-11-16(13-26)19(12-24-20)28-14-15-5-4-10-23-21(15)18(8-9-22)25-17-6-2-3-7-17/h4-5,8-13,17H,2-3,6-7,14,22H2,1H3/b9-8-,25-18?. The summed E-state index contributed by atoms with van der Waals surface area (Å²) in [6, 6.07) is 5.61. The number of hydrogen-bond donors (Lipinski definition) is 1. The molecule has 3 rings (SSSR count). The van der Waals surface area contributed by atoms with Gasteiger partial charge in [-0.1, -0.05) is 18.9 Å². The van der Waals surface area contributed by atoms with E-state index in [0.717, 1.165) is 29.8 Å². The fraction of sp³-hybridized carbons (Fsp3) is 0.333. The number of ether oxygens (including phenoxy) is 2. The maximum Gasteiger partial charge on any atom is 0.213 e. The summed E-state index contributed by atoms with van der Waals surface area (Å²) in [5, 5.41) is 0. The van der Waals surface area contributed by atoms with Crippen LogP contribution >= 0.6 is 0 Å². The molecule has 0 aliphatic heterocycles. The Morgan fingerprint density at radius 1 is 1.36 bits per heavy atom. The van der Waals surface area contributed by atoms with Gasteiger partial charge in [0.15, 0.2) is 6.29 Å². The molecule has 28 heavy (non-hydrogen) atoms. The van der Waals surface area contributed by atoms with E-state index in [4.69, 9.17) is 20.2 Å². The second-order valence-electron chi connectivity index (χ2n) is 6.49. The summed E-state index contributed by atoms with van der Waals surface area (Å²) in [6.07, 6.45) is 11.7. The Morgan fingerprint density at radius 3 is 2.89 bits per heavy atom. The number of rotatable bonds is 8. The van der Waals surface area contributed by atoms with E-state index in [9.17, 15) is 4.79 Å². The molecule has 7 heteroatoms. The van der Waals surface area contributed by atoms with Crippen molar-refractivity contribution in [3.63, 3.8) is 0 Å². The van der Waals surface area contributed by atoms with Crippen LogP contribution in [0.15, 0.2) is 47.9 Å². The molecule has 0 spiro atoms. The molecule has 0 atom stereocenters. The fourth-order valence-electron chi connectivity index (χ4n) is 3.21. The third kappa shape index (κ3) is 4.73. The monoisotopic (exact) mass is 380 g/mol. The molecule has 0 saturated heterocycles. The summed E-state index contributed by atoms with van der Waals surface area (Å²) < 4.78 is 10.9. The topological polar surface area (TPSA) is 99.7 Å². The number of nitrogens with zero attached hydrogens (tertiary/aromatic N) is 3. The zero-order valence-electron chi connectivity index (χ0n) is 15.9. The van der Waals surface area contributed by atoms with Gasteiger partial charge in [-0.15, -0.1) is 0 Å². The maximum absolute atomic E-state index is 11.3. The first-order valence-electron chi connectivity index (χ1n) is 9.27. The van der Waals surface area contributed by atoms with Crippen molar-refractivity contribution in [1.29, 1.82) is 0 Å². The molecule has 1 aliphatic rings. The average molecular weight is 380 g/mol. The van der Waals surface area contributed by atoms with Crippen LogP contribution in [0.4, 0.5) is 0 Å². The molecule has 0 bridgehead atoms. The molecule has 2 heterocycles. The van der Waals surface area contributed by atoms with Crippen molar-refractivity contribution in [2.75, 3.05) is 7.11 Å². The van der Waals surface area contributed by atoms with Crippen LogP contribution < -0.4 is 15.2 Å². The highest BCUT2D eigenvalue weighted by Crippen LogP contribution is 2.24. The van der Waals surface area contributed by atoms with E-state index in [0.29, 0.717) is 29.5 Å². The van der Waals surface area contributed by atoms with Gasteiger partial charge in [-0.25, -0.2) is 4.98 Å². The molecule has 2 aromatic rings. The van der Waals surface area contributed by atoms with E-state index in [-0.39, 0.29) is 6.61 Å². The summed E-state index contributed by atoms with van der Waals surface area (Å²) in [7, 11) is 1.50. The van der Waals surface area contributed by atoms with E-state index in [2.05, 4.69) is 9.97 Å². The number of carbonyl (C=O) groups is 1. The van der Waals surface area contributed by atoms with Crippen LogP contribution in [0.1, 0.15) is 47.3 Å².